The standard InChI is InChI=1S/C15H17N3OS/c1-9-14(20-10(2)18-9)15(19)17-6-11-3-4-12-7-16-8-13(12)5-11/h3-5,16H,6-8H2,1-2H3,(H,17,19). The molecular weight excluding hydrogens is 270 g/mol. The first-order valence-corrected chi connectivity index (χ1v) is 7.49. The number of aryl methyl sites for hydroxylation is 2. The first kappa shape index (κ1) is 13.3. The molecule has 0 aliphatic carbocycles. The molecule has 1 amide bonds. The van der Waals surface area contributed by atoms with Crippen molar-refractivity contribution in [1.29, 1.82) is 0 Å². The molecule has 20 heavy (non-hydrogen) atoms. The smallest absolute Gasteiger partial charge is 0.263 e. The summed E-state index contributed by atoms with van der Waals surface area (Å²) in [5, 5.41) is 7.22. The monoisotopic (exact) mass is 287 g/mol. The number of nitrogens with zero attached hydrogens (tertiary/aromatic N) is 1. The summed E-state index contributed by atoms with van der Waals surface area (Å²) in [6.45, 7) is 6.22. The van der Waals surface area contributed by atoms with Gasteiger partial charge in [-0.1, -0.05) is 18.2 Å². The van der Waals surface area contributed by atoms with Crippen molar-refractivity contribution in [1.82, 2.24) is 15.6 Å². The molecule has 2 heterocycles. The lowest BCUT2D eigenvalue weighted by molar-refractivity contribution is 0.0954. The second kappa shape index (κ2) is 5.34. The molecule has 0 bridgehead atoms. The summed E-state index contributed by atoms with van der Waals surface area (Å²) in [5.41, 5.74) is 4.64. The van der Waals surface area contributed by atoms with E-state index >= 15 is 0 Å². The third-order valence-electron chi connectivity index (χ3n) is 3.46. The highest BCUT2D eigenvalue weighted by molar-refractivity contribution is 7.13. The Hall–Kier alpha value is -1.72. The van der Waals surface area contributed by atoms with E-state index in [4.69, 9.17) is 0 Å². The summed E-state index contributed by atoms with van der Waals surface area (Å²) in [7, 11) is 0. The van der Waals surface area contributed by atoms with Gasteiger partial charge in [-0.3, -0.25) is 4.79 Å². The molecule has 1 aliphatic rings. The predicted molar refractivity (Wildman–Crippen MR) is 79.7 cm³/mol. The Morgan fingerprint density at radius 2 is 2.15 bits per heavy atom. The molecule has 4 nitrogen and oxygen atoms in total. The number of aromatic nitrogens is 1. The fraction of sp³-hybridized carbons (Fsp3) is 0.333. The number of rotatable bonds is 3. The van der Waals surface area contributed by atoms with Gasteiger partial charge in [0, 0.05) is 19.6 Å². The molecule has 2 aromatic rings. The van der Waals surface area contributed by atoms with Gasteiger partial charge in [-0.15, -0.1) is 11.3 Å². The molecule has 0 unspecified atom stereocenters. The lowest BCUT2D eigenvalue weighted by Crippen LogP contribution is -2.22. The van der Waals surface area contributed by atoms with Crippen molar-refractivity contribution < 1.29 is 4.79 Å². The van der Waals surface area contributed by atoms with Crippen molar-refractivity contribution in [3.05, 3.63) is 50.5 Å². The van der Waals surface area contributed by atoms with Gasteiger partial charge in [-0.05, 0) is 30.5 Å². The van der Waals surface area contributed by atoms with Gasteiger partial charge in [0.2, 0.25) is 0 Å². The zero-order chi connectivity index (χ0) is 14.1. The van der Waals surface area contributed by atoms with E-state index < -0.39 is 0 Å². The number of amides is 1. The van der Waals surface area contributed by atoms with Crippen molar-refractivity contribution in [3.63, 3.8) is 0 Å². The number of carbonyl (C=O) groups excluding carboxylic acids is 1. The third kappa shape index (κ3) is 2.59. The second-order valence-electron chi connectivity index (χ2n) is 5.04. The number of hydrogen-bond acceptors (Lipinski definition) is 4. The van der Waals surface area contributed by atoms with Gasteiger partial charge < -0.3 is 10.6 Å². The minimum Gasteiger partial charge on any atom is -0.347 e. The number of nitrogens with one attached hydrogen (secondary N) is 2. The molecule has 1 aromatic heterocycles. The van der Waals surface area contributed by atoms with Gasteiger partial charge >= 0.3 is 0 Å². The zero-order valence-corrected chi connectivity index (χ0v) is 12.4. The third-order valence-corrected chi connectivity index (χ3v) is 4.54. The molecule has 104 valence electrons. The summed E-state index contributed by atoms with van der Waals surface area (Å²) in [5.74, 6) is -0.0354. The first-order valence-electron chi connectivity index (χ1n) is 6.67. The lowest BCUT2D eigenvalue weighted by Gasteiger charge is -2.06. The summed E-state index contributed by atoms with van der Waals surface area (Å²) < 4.78 is 0. The summed E-state index contributed by atoms with van der Waals surface area (Å²) in [6.07, 6.45) is 0. The Balaban J connectivity index is 1.67. The Labute approximate surface area is 122 Å². The highest BCUT2D eigenvalue weighted by atomic mass is 32.1. The van der Waals surface area contributed by atoms with Gasteiger partial charge in [0.25, 0.3) is 5.91 Å². The summed E-state index contributed by atoms with van der Waals surface area (Å²) in [4.78, 5) is 17.1. The van der Waals surface area contributed by atoms with E-state index in [1.807, 2.05) is 13.8 Å². The number of fused-ring (bicyclic) bond motifs is 1. The highest BCUT2D eigenvalue weighted by Crippen LogP contribution is 2.18. The molecule has 0 atom stereocenters. The molecule has 0 saturated heterocycles. The Kier molecular flexibility index (Phi) is 3.54. The van der Waals surface area contributed by atoms with Gasteiger partial charge in [-0.25, -0.2) is 4.98 Å². The van der Waals surface area contributed by atoms with Crippen LogP contribution in [0.3, 0.4) is 0 Å². The number of carbonyl (C=O) groups is 1. The Morgan fingerprint density at radius 3 is 2.90 bits per heavy atom. The topological polar surface area (TPSA) is 54.0 Å². The fourth-order valence-corrected chi connectivity index (χ4v) is 3.30. The predicted octanol–water partition coefficient (Wildman–Crippen LogP) is 2.29. The van der Waals surface area contributed by atoms with Crippen LogP contribution >= 0.6 is 11.3 Å². The molecule has 5 heteroatoms. The van der Waals surface area contributed by atoms with E-state index in [0.29, 0.717) is 11.4 Å². The zero-order valence-electron chi connectivity index (χ0n) is 11.6. The largest absolute Gasteiger partial charge is 0.347 e. The minimum atomic E-state index is -0.0354. The van der Waals surface area contributed by atoms with E-state index in [2.05, 4.69) is 33.8 Å². The molecule has 0 saturated carbocycles. The molecule has 2 N–H and O–H groups in total. The van der Waals surface area contributed by atoms with Crippen LogP contribution in [0.4, 0.5) is 0 Å². The van der Waals surface area contributed by atoms with E-state index in [1.165, 1.54) is 22.5 Å². The van der Waals surface area contributed by atoms with Gasteiger partial charge in [0.1, 0.15) is 4.88 Å². The van der Waals surface area contributed by atoms with Crippen LogP contribution in [0.15, 0.2) is 18.2 Å². The lowest BCUT2D eigenvalue weighted by atomic mass is 10.1. The quantitative estimate of drug-likeness (QED) is 0.910. The molecule has 1 aromatic carbocycles. The average Bonchev–Trinajstić information content (AvgIpc) is 3.01. The SMILES string of the molecule is Cc1nc(C)c(C(=O)NCc2ccc3c(c2)CNC3)s1. The van der Waals surface area contributed by atoms with Crippen LogP contribution in [0.2, 0.25) is 0 Å². The molecule has 1 aliphatic heterocycles. The van der Waals surface area contributed by atoms with Crippen LogP contribution < -0.4 is 10.6 Å². The van der Waals surface area contributed by atoms with Gasteiger partial charge in [-0.2, -0.15) is 0 Å². The van der Waals surface area contributed by atoms with Crippen molar-refractivity contribution in [3.8, 4) is 0 Å². The van der Waals surface area contributed by atoms with Crippen molar-refractivity contribution in [2.24, 2.45) is 0 Å². The van der Waals surface area contributed by atoms with Crippen LogP contribution in [0, 0.1) is 13.8 Å². The van der Waals surface area contributed by atoms with E-state index in [0.717, 1.165) is 29.4 Å². The van der Waals surface area contributed by atoms with E-state index in [1.54, 1.807) is 0 Å². The van der Waals surface area contributed by atoms with Crippen molar-refractivity contribution in [2.45, 2.75) is 33.5 Å². The second-order valence-corrected chi connectivity index (χ2v) is 6.24. The first-order chi connectivity index (χ1) is 9.63. The number of benzene rings is 1. The van der Waals surface area contributed by atoms with Crippen LogP contribution in [-0.2, 0) is 19.6 Å². The van der Waals surface area contributed by atoms with E-state index in [9.17, 15) is 4.79 Å². The van der Waals surface area contributed by atoms with Crippen LogP contribution in [0.25, 0.3) is 0 Å². The van der Waals surface area contributed by atoms with Crippen LogP contribution in [0.1, 0.15) is 37.1 Å². The average molecular weight is 287 g/mol. The van der Waals surface area contributed by atoms with E-state index in [-0.39, 0.29) is 5.91 Å². The molecule has 0 spiro atoms. The summed E-state index contributed by atoms with van der Waals surface area (Å²) >= 11 is 1.44. The molecule has 0 radical (unpaired) electrons. The van der Waals surface area contributed by atoms with Gasteiger partial charge in [0.05, 0.1) is 10.7 Å². The Bertz CT molecular complexity index is 663. The van der Waals surface area contributed by atoms with Gasteiger partial charge in [0.15, 0.2) is 0 Å². The molecular formula is C15H17N3OS. The normalized spacial score (nSPS) is 13.3. The van der Waals surface area contributed by atoms with Crippen LogP contribution in [-0.4, -0.2) is 10.9 Å². The molecule has 3 rings (SSSR count). The fourth-order valence-electron chi connectivity index (χ4n) is 2.46. The van der Waals surface area contributed by atoms with Crippen LogP contribution in [0.5, 0.6) is 0 Å². The maximum absolute atomic E-state index is 12.1. The summed E-state index contributed by atoms with van der Waals surface area (Å²) in [6, 6.07) is 6.39. The van der Waals surface area contributed by atoms with Crippen molar-refractivity contribution in [2.75, 3.05) is 0 Å². The number of thiazole rings is 1. The minimum absolute atomic E-state index is 0.0354. The Morgan fingerprint density at radius 1 is 1.35 bits per heavy atom. The number of hydrogen-bond donors (Lipinski definition) is 2. The van der Waals surface area contributed by atoms with Crippen molar-refractivity contribution >= 4 is 17.2 Å². The maximum atomic E-state index is 12.1. The highest BCUT2D eigenvalue weighted by Gasteiger charge is 2.14. The molecule has 0 fully saturated rings. The maximum Gasteiger partial charge on any atom is 0.263 e.